The molecule has 1 aromatic heterocycles. The maximum Gasteiger partial charge on any atom is 0.327 e. The van der Waals surface area contributed by atoms with Gasteiger partial charge in [0.25, 0.3) is 0 Å². The Kier molecular flexibility index (Phi) is 5.50. The molecular formula is C22H24N4O4S2. The van der Waals surface area contributed by atoms with Crippen LogP contribution in [0.15, 0.2) is 54.6 Å². The summed E-state index contributed by atoms with van der Waals surface area (Å²) in [5.41, 5.74) is 0.375. The van der Waals surface area contributed by atoms with Crippen LogP contribution in [-0.2, 0) is 16.1 Å². The molecule has 2 fully saturated rings. The highest BCUT2D eigenvalue weighted by Gasteiger charge is 2.74. The van der Waals surface area contributed by atoms with Gasteiger partial charge in [0.2, 0.25) is 11.3 Å². The Hall–Kier alpha value is -2.37. The van der Waals surface area contributed by atoms with Crippen molar-refractivity contribution in [3.8, 4) is 0 Å². The molecule has 2 aromatic carbocycles. The molecule has 0 amide bonds. The molecule has 0 spiro atoms. The second-order valence-electron chi connectivity index (χ2n) is 8.22. The third kappa shape index (κ3) is 3.34. The summed E-state index contributed by atoms with van der Waals surface area (Å²) in [6, 6.07) is 17.3. The molecule has 0 bridgehead atoms. The number of fused-ring (bicyclic) bond motifs is 1. The van der Waals surface area contributed by atoms with Gasteiger partial charge in [-0.25, -0.2) is 14.2 Å². The molecule has 1 aliphatic carbocycles. The Balaban J connectivity index is 1.39. The Bertz CT molecular complexity index is 1130. The summed E-state index contributed by atoms with van der Waals surface area (Å²) in [5, 5.41) is 12.9. The SMILES string of the molecule is CC1C(c2ccccc2)C1(C(=O)O)N(N1CCN(c2nc3ccccc3s2)CC1)S(=O)O. The number of anilines is 1. The van der Waals surface area contributed by atoms with Gasteiger partial charge in [-0.1, -0.05) is 60.7 Å². The van der Waals surface area contributed by atoms with Gasteiger partial charge in [0.15, 0.2) is 10.7 Å². The largest absolute Gasteiger partial charge is 0.480 e. The van der Waals surface area contributed by atoms with Gasteiger partial charge in [-0.2, -0.15) is 0 Å². The van der Waals surface area contributed by atoms with E-state index in [4.69, 9.17) is 4.98 Å². The van der Waals surface area contributed by atoms with Crippen LogP contribution in [0.4, 0.5) is 5.13 Å². The molecule has 1 saturated carbocycles. The average molecular weight is 473 g/mol. The van der Waals surface area contributed by atoms with Gasteiger partial charge < -0.3 is 10.0 Å². The number of hydrazine groups is 1. The third-order valence-corrected chi connectivity index (χ3v) is 8.52. The first-order valence-corrected chi connectivity index (χ1v) is 12.4. The van der Waals surface area contributed by atoms with Crippen LogP contribution in [0.3, 0.4) is 0 Å². The Labute approximate surface area is 192 Å². The number of thiazole rings is 1. The number of nitrogens with zero attached hydrogens (tertiary/aromatic N) is 4. The number of carboxylic acid groups (broad SMARTS) is 1. The quantitative estimate of drug-likeness (QED) is 0.532. The number of benzene rings is 2. The van der Waals surface area contributed by atoms with E-state index in [1.165, 1.54) is 4.41 Å². The molecule has 168 valence electrons. The van der Waals surface area contributed by atoms with Gasteiger partial charge in [-0.05, 0) is 23.6 Å². The normalized spacial score (nSPS) is 27.0. The molecule has 2 heterocycles. The van der Waals surface area contributed by atoms with Gasteiger partial charge in [0.1, 0.15) is 0 Å². The van der Waals surface area contributed by atoms with E-state index in [9.17, 15) is 18.7 Å². The van der Waals surface area contributed by atoms with E-state index in [-0.39, 0.29) is 11.8 Å². The van der Waals surface area contributed by atoms with Crippen molar-refractivity contribution < 1.29 is 18.7 Å². The lowest BCUT2D eigenvalue weighted by atomic mass is 10.1. The monoisotopic (exact) mass is 472 g/mol. The molecule has 4 atom stereocenters. The summed E-state index contributed by atoms with van der Waals surface area (Å²) in [5.74, 6) is -1.74. The summed E-state index contributed by atoms with van der Waals surface area (Å²) < 4.78 is 25.0. The first-order valence-electron chi connectivity index (χ1n) is 10.5. The van der Waals surface area contributed by atoms with Gasteiger partial charge in [0.05, 0.1) is 10.2 Å². The fourth-order valence-corrected chi connectivity index (χ4v) is 6.97. The van der Waals surface area contributed by atoms with Crippen LogP contribution in [-0.4, -0.2) is 66.0 Å². The fourth-order valence-electron chi connectivity index (χ4n) is 4.98. The molecule has 0 radical (unpaired) electrons. The number of piperazine rings is 1. The van der Waals surface area contributed by atoms with E-state index in [1.807, 2.05) is 61.5 Å². The molecule has 3 aromatic rings. The molecule has 2 N–H and O–H groups in total. The smallest absolute Gasteiger partial charge is 0.327 e. The van der Waals surface area contributed by atoms with Crippen molar-refractivity contribution in [1.29, 1.82) is 0 Å². The zero-order chi connectivity index (χ0) is 22.5. The molecule has 8 nitrogen and oxygen atoms in total. The van der Waals surface area contributed by atoms with Crippen molar-refractivity contribution in [3.05, 3.63) is 60.2 Å². The molecule has 1 saturated heterocycles. The minimum atomic E-state index is -2.46. The fraction of sp³-hybridized carbons (Fsp3) is 0.364. The van der Waals surface area contributed by atoms with Gasteiger partial charge in [-0.15, -0.1) is 4.41 Å². The average Bonchev–Trinajstić information content (AvgIpc) is 3.18. The maximum absolute atomic E-state index is 12.5. The van der Waals surface area contributed by atoms with Gasteiger partial charge >= 0.3 is 5.97 Å². The summed E-state index contributed by atoms with van der Waals surface area (Å²) in [6.07, 6.45) is 0. The number of hydrogen-bond acceptors (Lipinski definition) is 6. The van der Waals surface area contributed by atoms with Crippen LogP contribution in [0.1, 0.15) is 18.4 Å². The van der Waals surface area contributed by atoms with Crippen LogP contribution in [0.2, 0.25) is 0 Å². The second-order valence-corrected chi connectivity index (χ2v) is 10.0. The number of carbonyl (C=O) groups is 1. The Morgan fingerprint density at radius 3 is 2.41 bits per heavy atom. The molecule has 10 heteroatoms. The highest BCUT2D eigenvalue weighted by Crippen LogP contribution is 2.61. The highest BCUT2D eigenvalue weighted by atomic mass is 32.2. The lowest BCUT2D eigenvalue weighted by molar-refractivity contribution is -0.150. The summed E-state index contributed by atoms with van der Waals surface area (Å²) >= 11 is -0.845. The van der Waals surface area contributed by atoms with Gasteiger partial charge in [-0.3, -0.25) is 9.35 Å². The van der Waals surface area contributed by atoms with Crippen molar-refractivity contribution in [2.45, 2.75) is 18.4 Å². The number of aliphatic carboxylic acids is 1. The number of carboxylic acids is 1. The number of aromatic nitrogens is 1. The van der Waals surface area contributed by atoms with E-state index >= 15 is 0 Å². The van der Waals surface area contributed by atoms with Crippen molar-refractivity contribution in [2.24, 2.45) is 5.92 Å². The van der Waals surface area contributed by atoms with Crippen molar-refractivity contribution in [3.63, 3.8) is 0 Å². The maximum atomic E-state index is 12.5. The first kappa shape index (κ1) is 21.5. The number of hydrogen-bond donors (Lipinski definition) is 2. The van der Waals surface area contributed by atoms with Crippen molar-refractivity contribution in [2.75, 3.05) is 31.1 Å². The predicted octanol–water partition coefficient (Wildman–Crippen LogP) is 3.03. The predicted molar refractivity (Wildman–Crippen MR) is 125 cm³/mol. The Morgan fingerprint density at radius 2 is 1.78 bits per heavy atom. The second kappa shape index (κ2) is 8.20. The number of rotatable bonds is 6. The molecular weight excluding hydrogens is 448 g/mol. The van der Waals surface area contributed by atoms with Crippen LogP contribution in [0.25, 0.3) is 10.2 Å². The van der Waals surface area contributed by atoms with E-state index < -0.39 is 22.8 Å². The lowest BCUT2D eigenvalue weighted by Crippen LogP contribution is -2.61. The first-order chi connectivity index (χ1) is 15.4. The molecule has 2 aliphatic rings. The standard InChI is InChI=1S/C22H24N4O4S2/c1-15-19(16-7-3-2-4-8-16)22(15,20(27)28)26(32(29)30)25-13-11-24(12-14-25)21-23-17-9-5-6-10-18(17)31-21/h2-10,15,19H,11-14H2,1H3,(H,27,28)(H,29,30). The third-order valence-electron chi connectivity index (χ3n) is 6.59. The summed E-state index contributed by atoms with van der Waals surface area (Å²) in [7, 11) is 0. The summed E-state index contributed by atoms with van der Waals surface area (Å²) in [4.78, 5) is 19.4. The van der Waals surface area contributed by atoms with E-state index in [0.717, 1.165) is 20.9 Å². The molecule has 32 heavy (non-hydrogen) atoms. The van der Waals surface area contributed by atoms with Crippen LogP contribution >= 0.6 is 11.3 Å². The zero-order valence-corrected chi connectivity index (χ0v) is 19.1. The van der Waals surface area contributed by atoms with Crippen molar-refractivity contribution >= 4 is 43.9 Å². The van der Waals surface area contributed by atoms with E-state index in [1.54, 1.807) is 16.3 Å². The molecule has 5 rings (SSSR count). The Morgan fingerprint density at radius 1 is 1.12 bits per heavy atom. The van der Waals surface area contributed by atoms with Crippen LogP contribution < -0.4 is 4.90 Å². The van der Waals surface area contributed by atoms with Crippen molar-refractivity contribution in [1.82, 2.24) is 14.4 Å². The summed E-state index contributed by atoms with van der Waals surface area (Å²) in [6.45, 7) is 3.89. The van der Waals surface area contributed by atoms with Gasteiger partial charge in [0, 0.05) is 32.1 Å². The molecule has 1 aliphatic heterocycles. The van der Waals surface area contributed by atoms with Crippen LogP contribution in [0.5, 0.6) is 0 Å². The van der Waals surface area contributed by atoms with Crippen LogP contribution in [0, 0.1) is 5.92 Å². The molecule has 4 unspecified atom stereocenters. The topological polar surface area (TPSA) is 97.2 Å². The minimum Gasteiger partial charge on any atom is -0.480 e. The minimum absolute atomic E-state index is 0.305. The number of para-hydroxylation sites is 1. The highest BCUT2D eigenvalue weighted by molar-refractivity contribution is 7.76. The van der Waals surface area contributed by atoms with E-state index in [2.05, 4.69) is 4.90 Å². The lowest BCUT2D eigenvalue weighted by Gasteiger charge is -2.41. The zero-order valence-electron chi connectivity index (χ0n) is 17.5. The van der Waals surface area contributed by atoms with E-state index in [0.29, 0.717) is 26.2 Å².